The van der Waals surface area contributed by atoms with E-state index in [2.05, 4.69) is 10.3 Å². The van der Waals surface area contributed by atoms with Gasteiger partial charge in [0.2, 0.25) is 0 Å². The number of nitrogens with one attached hydrogen (secondary N) is 1. The molecule has 1 aromatic heterocycles. The topological polar surface area (TPSA) is 113 Å². The standard InChI is InChI=1S/C18H19N3O5/c1-11-15(19-10-26-11)16(22)20-14-4-2-12(3-5-14)17(23)21-8-6-13(7-9-21)18(24)25/h2-5,10,13H,6-9H2,1H3,(H,20,22)(H,24,25). The van der Waals surface area contributed by atoms with Gasteiger partial charge in [-0.05, 0) is 44.0 Å². The number of carbonyl (C=O) groups excluding carboxylic acids is 2. The summed E-state index contributed by atoms with van der Waals surface area (Å²) < 4.78 is 5.00. The third kappa shape index (κ3) is 3.74. The van der Waals surface area contributed by atoms with Gasteiger partial charge >= 0.3 is 5.97 Å². The van der Waals surface area contributed by atoms with Gasteiger partial charge in [0.05, 0.1) is 5.92 Å². The number of carbonyl (C=O) groups is 3. The molecule has 0 bridgehead atoms. The number of benzene rings is 1. The smallest absolute Gasteiger partial charge is 0.306 e. The first-order valence-corrected chi connectivity index (χ1v) is 8.29. The first kappa shape index (κ1) is 17.7. The van der Waals surface area contributed by atoms with E-state index in [0.717, 1.165) is 0 Å². The van der Waals surface area contributed by atoms with Gasteiger partial charge < -0.3 is 19.7 Å². The Morgan fingerprint density at radius 2 is 1.85 bits per heavy atom. The Kier molecular flexibility index (Phi) is 5.01. The van der Waals surface area contributed by atoms with Gasteiger partial charge in [0, 0.05) is 24.3 Å². The Hall–Kier alpha value is -3.16. The Bertz CT molecular complexity index is 820. The van der Waals surface area contributed by atoms with Gasteiger partial charge in [-0.25, -0.2) is 4.98 Å². The van der Waals surface area contributed by atoms with E-state index in [1.165, 1.54) is 6.39 Å². The van der Waals surface area contributed by atoms with E-state index in [9.17, 15) is 14.4 Å². The Morgan fingerprint density at radius 3 is 2.38 bits per heavy atom. The molecule has 8 heteroatoms. The molecular weight excluding hydrogens is 338 g/mol. The number of carboxylic acid groups (broad SMARTS) is 1. The van der Waals surface area contributed by atoms with Crippen molar-refractivity contribution in [1.29, 1.82) is 0 Å². The Morgan fingerprint density at radius 1 is 1.19 bits per heavy atom. The largest absolute Gasteiger partial charge is 0.481 e. The number of likely N-dealkylation sites (tertiary alicyclic amines) is 1. The zero-order valence-electron chi connectivity index (χ0n) is 14.3. The molecule has 8 nitrogen and oxygen atoms in total. The highest BCUT2D eigenvalue weighted by atomic mass is 16.4. The van der Waals surface area contributed by atoms with Crippen LogP contribution in [-0.2, 0) is 4.79 Å². The van der Waals surface area contributed by atoms with Gasteiger partial charge in [0.25, 0.3) is 11.8 Å². The molecule has 1 aliphatic rings. The lowest BCUT2D eigenvalue weighted by Crippen LogP contribution is -2.40. The van der Waals surface area contributed by atoms with Crippen LogP contribution in [0.4, 0.5) is 5.69 Å². The molecule has 1 aliphatic heterocycles. The molecule has 0 radical (unpaired) electrons. The van der Waals surface area contributed by atoms with Crippen LogP contribution in [0.2, 0.25) is 0 Å². The van der Waals surface area contributed by atoms with E-state index >= 15 is 0 Å². The number of aryl methyl sites for hydroxylation is 1. The number of anilines is 1. The SMILES string of the molecule is Cc1ocnc1C(=O)Nc1ccc(C(=O)N2CCC(C(=O)O)CC2)cc1. The number of rotatable bonds is 4. The summed E-state index contributed by atoms with van der Waals surface area (Å²) >= 11 is 0. The van der Waals surface area contributed by atoms with E-state index < -0.39 is 5.97 Å². The number of amides is 2. The normalized spacial score (nSPS) is 14.9. The van der Waals surface area contributed by atoms with Crippen molar-refractivity contribution in [2.45, 2.75) is 19.8 Å². The maximum absolute atomic E-state index is 12.5. The molecule has 3 rings (SSSR count). The number of nitrogens with zero attached hydrogens (tertiary/aromatic N) is 2. The van der Waals surface area contributed by atoms with Crippen LogP contribution >= 0.6 is 0 Å². The number of hydrogen-bond acceptors (Lipinski definition) is 5. The first-order valence-electron chi connectivity index (χ1n) is 8.29. The highest BCUT2D eigenvalue weighted by Gasteiger charge is 2.27. The van der Waals surface area contributed by atoms with Crippen LogP contribution in [0.15, 0.2) is 35.1 Å². The third-order valence-corrected chi connectivity index (χ3v) is 4.48. The summed E-state index contributed by atoms with van der Waals surface area (Å²) in [6, 6.07) is 6.56. The molecule has 0 spiro atoms. The van der Waals surface area contributed by atoms with Crippen LogP contribution in [0.5, 0.6) is 0 Å². The highest BCUT2D eigenvalue weighted by molar-refractivity contribution is 6.03. The van der Waals surface area contributed by atoms with Crippen molar-refractivity contribution in [3.8, 4) is 0 Å². The van der Waals surface area contributed by atoms with Crippen molar-refractivity contribution in [1.82, 2.24) is 9.88 Å². The molecule has 0 unspecified atom stereocenters. The van der Waals surface area contributed by atoms with Crippen LogP contribution < -0.4 is 5.32 Å². The van der Waals surface area contributed by atoms with Crippen molar-refractivity contribution in [3.63, 3.8) is 0 Å². The van der Waals surface area contributed by atoms with E-state index in [4.69, 9.17) is 9.52 Å². The van der Waals surface area contributed by atoms with Gasteiger partial charge in [0.15, 0.2) is 12.1 Å². The Balaban J connectivity index is 1.61. The number of hydrogen-bond donors (Lipinski definition) is 2. The van der Waals surface area contributed by atoms with E-state index in [1.807, 2.05) is 0 Å². The van der Waals surface area contributed by atoms with E-state index in [1.54, 1.807) is 36.1 Å². The number of piperidine rings is 1. The molecular formula is C18H19N3O5. The first-order chi connectivity index (χ1) is 12.5. The van der Waals surface area contributed by atoms with Crippen LogP contribution in [0.25, 0.3) is 0 Å². The quantitative estimate of drug-likeness (QED) is 0.867. The van der Waals surface area contributed by atoms with E-state index in [-0.39, 0.29) is 23.4 Å². The van der Waals surface area contributed by atoms with Gasteiger partial charge in [-0.2, -0.15) is 0 Å². The lowest BCUT2D eigenvalue weighted by molar-refractivity contribution is -0.143. The third-order valence-electron chi connectivity index (χ3n) is 4.48. The van der Waals surface area contributed by atoms with Gasteiger partial charge in [-0.15, -0.1) is 0 Å². The monoisotopic (exact) mass is 357 g/mol. The molecule has 136 valence electrons. The average molecular weight is 357 g/mol. The fourth-order valence-electron chi connectivity index (χ4n) is 2.92. The summed E-state index contributed by atoms with van der Waals surface area (Å²) in [6.45, 7) is 2.51. The van der Waals surface area contributed by atoms with E-state index in [0.29, 0.717) is 42.9 Å². The minimum atomic E-state index is -0.806. The molecule has 0 saturated carbocycles. The Labute approximate surface area is 149 Å². The minimum absolute atomic E-state index is 0.140. The van der Waals surface area contributed by atoms with Crippen LogP contribution in [0, 0.1) is 12.8 Å². The number of oxazole rings is 1. The number of aliphatic carboxylic acids is 1. The summed E-state index contributed by atoms with van der Waals surface area (Å²) in [4.78, 5) is 41.1. The summed E-state index contributed by atoms with van der Waals surface area (Å²) in [6.07, 6.45) is 2.14. The molecule has 26 heavy (non-hydrogen) atoms. The molecule has 0 aliphatic carbocycles. The second kappa shape index (κ2) is 7.38. The van der Waals surface area contributed by atoms with Gasteiger partial charge in [-0.3, -0.25) is 14.4 Å². The number of aromatic nitrogens is 1. The van der Waals surface area contributed by atoms with Crippen LogP contribution in [-0.4, -0.2) is 45.9 Å². The summed E-state index contributed by atoms with van der Waals surface area (Å²) in [5, 5.41) is 11.7. The molecule has 1 fully saturated rings. The van der Waals surface area contributed by atoms with Crippen molar-refractivity contribution in [2.24, 2.45) is 5.92 Å². The predicted octanol–water partition coefficient (Wildman–Crippen LogP) is 2.17. The fourth-order valence-corrected chi connectivity index (χ4v) is 2.92. The molecule has 2 amide bonds. The fraction of sp³-hybridized carbons (Fsp3) is 0.333. The minimum Gasteiger partial charge on any atom is -0.481 e. The molecule has 2 aromatic rings. The highest BCUT2D eigenvalue weighted by Crippen LogP contribution is 2.20. The van der Waals surface area contributed by atoms with Crippen molar-refractivity contribution in [3.05, 3.63) is 47.7 Å². The molecule has 1 aromatic carbocycles. The lowest BCUT2D eigenvalue weighted by Gasteiger charge is -2.30. The second-order valence-electron chi connectivity index (χ2n) is 6.19. The summed E-state index contributed by atoms with van der Waals surface area (Å²) in [5.41, 5.74) is 1.25. The maximum atomic E-state index is 12.5. The van der Waals surface area contributed by atoms with Crippen molar-refractivity contribution < 1.29 is 23.9 Å². The molecule has 0 atom stereocenters. The van der Waals surface area contributed by atoms with Crippen molar-refractivity contribution >= 4 is 23.5 Å². The second-order valence-corrected chi connectivity index (χ2v) is 6.19. The van der Waals surface area contributed by atoms with Crippen molar-refractivity contribution in [2.75, 3.05) is 18.4 Å². The predicted molar refractivity (Wildman–Crippen MR) is 91.9 cm³/mol. The lowest BCUT2D eigenvalue weighted by atomic mass is 9.96. The average Bonchev–Trinajstić information content (AvgIpc) is 3.08. The maximum Gasteiger partial charge on any atom is 0.306 e. The zero-order valence-corrected chi connectivity index (χ0v) is 14.3. The molecule has 1 saturated heterocycles. The number of carboxylic acids is 1. The zero-order chi connectivity index (χ0) is 18.7. The van der Waals surface area contributed by atoms with Gasteiger partial charge in [0.1, 0.15) is 5.76 Å². The summed E-state index contributed by atoms with van der Waals surface area (Å²) in [5.74, 6) is -1.28. The van der Waals surface area contributed by atoms with Crippen LogP contribution in [0.1, 0.15) is 39.4 Å². The van der Waals surface area contributed by atoms with Gasteiger partial charge in [-0.1, -0.05) is 0 Å². The molecule has 2 N–H and O–H groups in total. The molecule has 2 heterocycles. The van der Waals surface area contributed by atoms with Crippen LogP contribution in [0.3, 0.4) is 0 Å². The summed E-state index contributed by atoms with van der Waals surface area (Å²) in [7, 11) is 0.